The van der Waals surface area contributed by atoms with E-state index in [9.17, 15) is 4.79 Å². The molecule has 0 aliphatic heterocycles. The van der Waals surface area contributed by atoms with Crippen LogP contribution in [0.3, 0.4) is 0 Å². The third-order valence-corrected chi connectivity index (χ3v) is 0.775. The Bertz CT molecular complexity index is 94.2. The highest BCUT2D eigenvalue weighted by Gasteiger charge is 2.08. The first kappa shape index (κ1) is 8.39. The highest BCUT2D eigenvalue weighted by molar-refractivity contribution is 5.72. The molecule has 0 amide bonds. The number of carboxylic acid groups (broad SMARTS) is 1. The van der Waals surface area contributed by atoms with Crippen molar-refractivity contribution in [1.82, 2.24) is 5.48 Å². The lowest BCUT2D eigenvalue weighted by atomic mass is 10.4. The lowest BCUT2D eigenvalue weighted by Gasteiger charge is -2.06. The fourth-order valence-electron chi connectivity index (χ4n) is 0.259. The summed E-state index contributed by atoms with van der Waals surface area (Å²) >= 11 is 0. The van der Waals surface area contributed by atoms with Crippen LogP contribution < -0.4 is 5.48 Å². The molecule has 0 aromatic heterocycles. The molecule has 0 spiro atoms. The molecule has 0 saturated carbocycles. The predicted octanol–water partition coefficient (Wildman–Crippen LogP) is 0.000600. The Morgan fingerprint density at radius 2 is 2.44 bits per heavy atom. The second-order valence-corrected chi connectivity index (χ2v) is 1.61. The minimum Gasteiger partial charge on any atom is -0.480 e. The molecule has 0 rings (SSSR count). The molecule has 2 N–H and O–H groups in total. The topological polar surface area (TPSA) is 58.6 Å². The molecule has 4 nitrogen and oxygen atoms in total. The van der Waals surface area contributed by atoms with Crippen LogP contribution in [0, 0.1) is 0 Å². The van der Waals surface area contributed by atoms with Crippen molar-refractivity contribution in [3.63, 3.8) is 0 Å². The van der Waals surface area contributed by atoms with Gasteiger partial charge in [-0.3, -0.25) is 4.79 Å². The van der Waals surface area contributed by atoms with Gasteiger partial charge in [-0.25, -0.2) is 0 Å². The highest BCUT2D eigenvalue weighted by atomic mass is 16.6. The van der Waals surface area contributed by atoms with E-state index in [2.05, 4.69) is 10.3 Å². The molecular weight excluding hydrogens is 122 g/mol. The van der Waals surface area contributed by atoms with Gasteiger partial charge in [0.2, 0.25) is 0 Å². The van der Waals surface area contributed by atoms with E-state index in [0.717, 1.165) is 0 Å². The first-order valence-corrected chi connectivity index (χ1v) is 2.78. The van der Waals surface area contributed by atoms with Crippen molar-refractivity contribution in [2.24, 2.45) is 0 Å². The Kier molecular flexibility index (Phi) is 4.00. The van der Waals surface area contributed by atoms with Gasteiger partial charge in [0.1, 0.15) is 6.04 Å². The molecular formula is C5H11NO3. The quantitative estimate of drug-likeness (QED) is 0.530. The summed E-state index contributed by atoms with van der Waals surface area (Å²) in [6.07, 6.45) is 0. The molecule has 0 aromatic carbocycles. The molecule has 0 radical (unpaired) electrons. The SMILES string of the molecule is CCONC(C)C(=O)O. The van der Waals surface area contributed by atoms with E-state index >= 15 is 0 Å². The van der Waals surface area contributed by atoms with Gasteiger partial charge in [-0.2, -0.15) is 5.48 Å². The molecule has 0 bridgehead atoms. The van der Waals surface area contributed by atoms with Gasteiger partial charge in [0.15, 0.2) is 0 Å². The Balaban J connectivity index is 3.27. The number of nitrogens with one attached hydrogen (secondary N) is 1. The first-order chi connectivity index (χ1) is 4.18. The lowest BCUT2D eigenvalue weighted by Crippen LogP contribution is -2.33. The van der Waals surface area contributed by atoms with Gasteiger partial charge in [-0.1, -0.05) is 0 Å². The maximum Gasteiger partial charge on any atom is 0.322 e. The summed E-state index contributed by atoms with van der Waals surface area (Å²) < 4.78 is 0. The normalized spacial score (nSPS) is 13.1. The molecule has 9 heavy (non-hydrogen) atoms. The fourth-order valence-corrected chi connectivity index (χ4v) is 0.259. The standard InChI is InChI=1S/C5H11NO3/c1-3-9-6-4(2)5(7)8/h4,6H,3H2,1-2H3,(H,7,8). The number of rotatable bonds is 4. The smallest absolute Gasteiger partial charge is 0.322 e. The average Bonchev–Trinajstić information content (AvgIpc) is 1.82. The zero-order valence-electron chi connectivity index (χ0n) is 5.55. The Morgan fingerprint density at radius 1 is 1.89 bits per heavy atom. The molecule has 0 aliphatic carbocycles. The Hall–Kier alpha value is -0.610. The molecule has 0 fully saturated rings. The van der Waals surface area contributed by atoms with Crippen LogP contribution in [-0.4, -0.2) is 23.7 Å². The van der Waals surface area contributed by atoms with Crippen molar-refractivity contribution in [3.05, 3.63) is 0 Å². The van der Waals surface area contributed by atoms with Crippen LogP contribution in [0.5, 0.6) is 0 Å². The largest absolute Gasteiger partial charge is 0.480 e. The maximum atomic E-state index is 10.1. The number of hydroxylamine groups is 1. The maximum absolute atomic E-state index is 10.1. The van der Waals surface area contributed by atoms with E-state index in [1.165, 1.54) is 6.92 Å². The van der Waals surface area contributed by atoms with Crippen LogP contribution in [0.4, 0.5) is 0 Å². The fraction of sp³-hybridized carbons (Fsp3) is 0.800. The predicted molar refractivity (Wildman–Crippen MR) is 31.9 cm³/mol. The Labute approximate surface area is 53.8 Å². The van der Waals surface area contributed by atoms with Crippen molar-refractivity contribution in [1.29, 1.82) is 0 Å². The van der Waals surface area contributed by atoms with Gasteiger partial charge in [-0.15, -0.1) is 0 Å². The number of hydrogen-bond donors (Lipinski definition) is 2. The first-order valence-electron chi connectivity index (χ1n) is 2.78. The molecule has 1 unspecified atom stereocenters. The summed E-state index contributed by atoms with van der Waals surface area (Å²) in [6.45, 7) is 3.76. The van der Waals surface area contributed by atoms with Gasteiger partial charge < -0.3 is 9.94 Å². The molecule has 54 valence electrons. The third-order valence-electron chi connectivity index (χ3n) is 0.775. The average molecular weight is 133 g/mol. The highest BCUT2D eigenvalue weighted by Crippen LogP contribution is 1.79. The molecule has 4 heteroatoms. The van der Waals surface area contributed by atoms with Gasteiger partial charge >= 0.3 is 5.97 Å². The Morgan fingerprint density at radius 3 is 2.78 bits per heavy atom. The second kappa shape index (κ2) is 4.29. The van der Waals surface area contributed by atoms with Crippen LogP contribution >= 0.6 is 0 Å². The minimum absolute atomic E-state index is 0.470. The van der Waals surface area contributed by atoms with Crippen LogP contribution in [-0.2, 0) is 9.63 Å². The minimum atomic E-state index is -0.913. The zero-order chi connectivity index (χ0) is 7.28. The van der Waals surface area contributed by atoms with Crippen LogP contribution in [0.25, 0.3) is 0 Å². The second-order valence-electron chi connectivity index (χ2n) is 1.61. The summed E-state index contributed by atoms with van der Waals surface area (Å²) in [5.41, 5.74) is 2.33. The van der Waals surface area contributed by atoms with E-state index in [1.807, 2.05) is 0 Å². The van der Waals surface area contributed by atoms with Crippen LogP contribution in [0.1, 0.15) is 13.8 Å². The van der Waals surface area contributed by atoms with E-state index in [0.29, 0.717) is 6.61 Å². The monoisotopic (exact) mass is 133 g/mol. The van der Waals surface area contributed by atoms with Crippen molar-refractivity contribution >= 4 is 5.97 Å². The van der Waals surface area contributed by atoms with Gasteiger partial charge in [0.05, 0.1) is 6.61 Å². The van der Waals surface area contributed by atoms with Crippen LogP contribution in [0.2, 0.25) is 0 Å². The van der Waals surface area contributed by atoms with Crippen LogP contribution in [0.15, 0.2) is 0 Å². The van der Waals surface area contributed by atoms with E-state index in [1.54, 1.807) is 6.92 Å². The zero-order valence-corrected chi connectivity index (χ0v) is 5.55. The lowest BCUT2D eigenvalue weighted by molar-refractivity contribution is -0.143. The molecule has 0 heterocycles. The van der Waals surface area contributed by atoms with Gasteiger partial charge in [-0.05, 0) is 13.8 Å². The summed E-state index contributed by atoms with van der Waals surface area (Å²) in [5, 5.41) is 8.27. The third kappa shape index (κ3) is 3.93. The summed E-state index contributed by atoms with van der Waals surface area (Å²) in [6, 6.07) is -0.634. The summed E-state index contributed by atoms with van der Waals surface area (Å²) in [5.74, 6) is -0.913. The van der Waals surface area contributed by atoms with Crippen molar-refractivity contribution < 1.29 is 14.7 Å². The number of aliphatic carboxylic acids is 1. The van der Waals surface area contributed by atoms with Crippen molar-refractivity contribution in [2.75, 3.05) is 6.61 Å². The number of carboxylic acids is 1. The van der Waals surface area contributed by atoms with E-state index in [4.69, 9.17) is 5.11 Å². The number of hydrogen-bond acceptors (Lipinski definition) is 3. The van der Waals surface area contributed by atoms with Crippen molar-refractivity contribution in [3.8, 4) is 0 Å². The van der Waals surface area contributed by atoms with E-state index in [-0.39, 0.29) is 0 Å². The van der Waals surface area contributed by atoms with Gasteiger partial charge in [0, 0.05) is 0 Å². The molecule has 0 aromatic rings. The number of carbonyl (C=O) groups is 1. The molecule has 0 aliphatic rings. The molecule has 1 atom stereocenters. The van der Waals surface area contributed by atoms with Crippen molar-refractivity contribution in [2.45, 2.75) is 19.9 Å². The van der Waals surface area contributed by atoms with Gasteiger partial charge in [0.25, 0.3) is 0 Å². The van der Waals surface area contributed by atoms with E-state index < -0.39 is 12.0 Å². The summed E-state index contributed by atoms with van der Waals surface area (Å²) in [7, 11) is 0. The summed E-state index contributed by atoms with van der Waals surface area (Å²) in [4.78, 5) is 14.7. The molecule has 0 saturated heterocycles.